The van der Waals surface area contributed by atoms with E-state index in [1.165, 1.54) is 25.7 Å². The molecule has 3 rings (SSSR count). The summed E-state index contributed by atoms with van der Waals surface area (Å²) in [6.07, 6.45) is 8.47. The van der Waals surface area contributed by atoms with Gasteiger partial charge in [-0.2, -0.15) is 5.10 Å². The topological polar surface area (TPSA) is 86.9 Å². The van der Waals surface area contributed by atoms with Crippen molar-refractivity contribution in [2.45, 2.75) is 50.8 Å². The number of rotatable bonds is 7. The van der Waals surface area contributed by atoms with E-state index in [0.29, 0.717) is 17.1 Å². The average molecular weight is 375 g/mol. The zero-order chi connectivity index (χ0) is 18.6. The summed E-state index contributed by atoms with van der Waals surface area (Å²) in [4.78, 5) is 0.209. The van der Waals surface area contributed by atoms with E-state index in [-0.39, 0.29) is 4.90 Å². The molecular weight excluding hydrogens is 348 g/mol. The van der Waals surface area contributed by atoms with Crippen LogP contribution in [-0.4, -0.2) is 25.2 Å². The first kappa shape index (κ1) is 18.5. The fourth-order valence-electron chi connectivity index (χ4n) is 3.30. The second-order valence-corrected chi connectivity index (χ2v) is 8.35. The molecule has 0 amide bonds. The normalized spacial score (nSPS) is 14.8. The zero-order valence-electron chi connectivity index (χ0n) is 15.3. The second kappa shape index (κ2) is 7.95. The molecule has 0 saturated carbocycles. The minimum atomic E-state index is -3.65. The molecule has 0 spiro atoms. The summed E-state index contributed by atoms with van der Waals surface area (Å²) in [6.45, 7) is 4.26. The van der Waals surface area contributed by atoms with Crippen molar-refractivity contribution in [1.82, 2.24) is 10.2 Å². The molecule has 0 bridgehead atoms. The van der Waals surface area contributed by atoms with E-state index in [9.17, 15) is 8.42 Å². The summed E-state index contributed by atoms with van der Waals surface area (Å²) < 4.78 is 27.7. The third kappa shape index (κ3) is 4.46. The summed E-state index contributed by atoms with van der Waals surface area (Å²) in [7, 11) is -3.65. The van der Waals surface area contributed by atoms with Gasteiger partial charge in [0.2, 0.25) is 0 Å². The molecule has 1 heterocycles. The first-order valence-corrected chi connectivity index (χ1v) is 10.5. The van der Waals surface area contributed by atoms with E-state index >= 15 is 0 Å². The van der Waals surface area contributed by atoms with Crippen LogP contribution in [0.1, 0.15) is 43.5 Å². The standard InChI is InChI=1S/C19H26N4O2S/c1-14-19(15(2)22-21-14)26(24,25)23-18-10-8-17(9-11-18)20-13-12-16-6-4-3-5-7-16/h6,8-11,20,23H,3-5,7,12-13H2,1-2H3,(H,21,22). The highest BCUT2D eigenvalue weighted by Gasteiger charge is 2.22. The second-order valence-electron chi connectivity index (χ2n) is 6.73. The molecule has 1 aliphatic rings. The Balaban J connectivity index is 1.58. The van der Waals surface area contributed by atoms with Crippen LogP contribution in [-0.2, 0) is 10.0 Å². The third-order valence-electron chi connectivity index (χ3n) is 4.63. The first-order valence-electron chi connectivity index (χ1n) is 9.02. The molecule has 0 fully saturated rings. The van der Waals surface area contributed by atoms with Crippen molar-refractivity contribution in [2.24, 2.45) is 0 Å². The van der Waals surface area contributed by atoms with Gasteiger partial charge in [0.25, 0.3) is 10.0 Å². The predicted molar refractivity (Wildman–Crippen MR) is 105 cm³/mol. The van der Waals surface area contributed by atoms with Crippen LogP contribution in [0.2, 0.25) is 0 Å². The molecule has 140 valence electrons. The highest BCUT2D eigenvalue weighted by atomic mass is 32.2. The van der Waals surface area contributed by atoms with Crippen LogP contribution >= 0.6 is 0 Å². The Morgan fingerprint density at radius 2 is 1.85 bits per heavy atom. The molecule has 1 aromatic carbocycles. The van der Waals surface area contributed by atoms with Crippen molar-refractivity contribution in [3.05, 3.63) is 47.3 Å². The first-order chi connectivity index (χ1) is 12.5. The van der Waals surface area contributed by atoms with Crippen LogP contribution in [0.25, 0.3) is 0 Å². The van der Waals surface area contributed by atoms with Crippen molar-refractivity contribution in [3.63, 3.8) is 0 Å². The van der Waals surface area contributed by atoms with E-state index < -0.39 is 10.0 Å². The Labute approximate surface area is 155 Å². The third-order valence-corrected chi connectivity index (χ3v) is 6.27. The van der Waals surface area contributed by atoms with Crippen LogP contribution in [0.4, 0.5) is 11.4 Å². The molecule has 0 aliphatic heterocycles. The van der Waals surface area contributed by atoms with E-state index in [4.69, 9.17) is 0 Å². The molecular formula is C19H26N4O2S. The van der Waals surface area contributed by atoms with Crippen molar-refractivity contribution in [2.75, 3.05) is 16.6 Å². The molecule has 26 heavy (non-hydrogen) atoms. The van der Waals surface area contributed by atoms with Gasteiger partial charge in [-0.1, -0.05) is 11.6 Å². The molecule has 3 N–H and O–H groups in total. The fourth-order valence-corrected chi connectivity index (χ4v) is 4.73. The monoisotopic (exact) mass is 374 g/mol. The highest BCUT2D eigenvalue weighted by Crippen LogP contribution is 2.23. The van der Waals surface area contributed by atoms with E-state index in [1.807, 2.05) is 12.1 Å². The van der Waals surface area contributed by atoms with Gasteiger partial charge in [-0.3, -0.25) is 9.82 Å². The van der Waals surface area contributed by atoms with Gasteiger partial charge >= 0.3 is 0 Å². The minimum absolute atomic E-state index is 0.209. The lowest BCUT2D eigenvalue weighted by Gasteiger charge is -2.14. The number of nitrogens with zero attached hydrogens (tertiary/aromatic N) is 1. The molecule has 0 unspecified atom stereocenters. The number of aryl methyl sites for hydroxylation is 2. The van der Waals surface area contributed by atoms with Crippen molar-refractivity contribution in [1.29, 1.82) is 0 Å². The van der Waals surface area contributed by atoms with Crippen LogP contribution in [0.5, 0.6) is 0 Å². The van der Waals surface area contributed by atoms with Gasteiger partial charge in [-0.15, -0.1) is 0 Å². The number of hydrogen-bond donors (Lipinski definition) is 3. The van der Waals surface area contributed by atoms with Crippen LogP contribution in [0.15, 0.2) is 40.8 Å². The van der Waals surface area contributed by atoms with Gasteiger partial charge in [0.15, 0.2) is 0 Å². The molecule has 0 atom stereocenters. The molecule has 0 saturated heterocycles. The number of anilines is 2. The predicted octanol–water partition coefficient (Wildman–Crippen LogP) is 4.13. The number of allylic oxidation sites excluding steroid dienone is 1. The number of H-pyrrole nitrogens is 1. The molecule has 1 aliphatic carbocycles. The van der Waals surface area contributed by atoms with Crippen molar-refractivity contribution < 1.29 is 8.42 Å². The maximum absolute atomic E-state index is 12.5. The van der Waals surface area contributed by atoms with Gasteiger partial charge in [-0.25, -0.2) is 8.42 Å². The summed E-state index contributed by atoms with van der Waals surface area (Å²) in [5.41, 5.74) is 4.06. The lowest BCUT2D eigenvalue weighted by Crippen LogP contribution is -2.14. The van der Waals surface area contributed by atoms with E-state index in [1.54, 1.807) is 31.6 Å². The van der Waals surface area contributed by atoms with Gasteiger partial charge < -0.3 is 5.32 Å². The molecule has 0 radical (unpaired) electrons. The van der Waals surface area contributed by atoms with Gasteiger partial charge in [0, 0.05) is 17.9 Å². The van der Waals surface area contributed by atoms with E-state index in [0.717, 1.165) is 18.7 Å². The smallest absolute Gasteiger partial charge is 0.265 e. The Bertz CT molecular complexity index is 863. The summed E-state index contributed by atoms with van der Waals surface area (Å²) >= 11 is 0. The van der Waals surface area contributed by atoms with Gasteiger partial charge in [0.05, 0.1) is 11.4 Å². The molecule has 7 heteroatoms. The Morgan fingerprint density at radius 3 is 2.46 bits per heavy atom. The number of hydrogen-bond acceptors (Lipinski definition) is 4. The molecule has 1 aromatic heterocycles. The summed E-state index contributed by atoms with van der Waals surface area (Å²) in [5, 5.41) is 10.1. The minimum Gasteiger partial charge on any atom is -0.385 e. The Hall–Kier alpha value is -2.28. The summed E-state index contributed by atoms with van der Waals surface area (Å²) in [6, 6.07) is 7.32. The van der Waals surface area contributed by atoms with E-state index in [2.05, 4.69) is 26.3 Å². The summed E-state index contributed by atoms with van der Waals surface area (Å²) in [5.74, 6) is 0. The molecule has 6 nitrogen and oxygen atoms in total. The largest absolute Gasteiger partial charge is 0.385 e. The Kier molecular flexibility index (Phi) is 5.66. The average Bonchev–Trinajstić information content (AvgIpc) is 2.96. The number of aromatic amines is 1. The van der Waals surface area contributed by atoms with Crippen molar-refractivity contribution in [3.8, 4) is 0 Å². The quantitative estimate of drug-likeness (QED) is 0.636. The SMILES string of the molecule is Cc1n[nH]c(C)c1S(=O)(=O)Nc1ccc(NCCC2=CCCCC2)cc1. The number of aromatic nitrogens is 2. The lowest BCUT2D eigenvalue weighted by atomic mass is 9.97. The number of sulfonamides is 1. The lowest BCUT2D eigenvalue weighted by molar-refractivity contribution is 0.600. The zero-order valence-corrected chi connectivity index (χ0v) is 16.1. The van der Waals surface area contributed by atoms with Crippen LogP contribution in [0, 0.1) is 13.8 Å². The van der Waals surface area contributed by atoms with Crippen molar-refractivity contribution >= 4 is 21.4 Å². The maximum Gasteiger partial charge on any atom is 0.265 e. The highest BCUT2D eigenvalue weighted by molar-refractivity contribution is 7.92. The maximum atomic E-state index is 12.5. The number of nitrogens with one attached hydrogen (secondary N) is 3. The Morgan fingerprint density at radius 1 is 1.12 bits per heavy atom. The fraction of sp³-hybridized carbons (Fsp3) is 0.421. The van der Waals surface area contributed by atoms with Gasteiger partial charge in [-0.05, 0) is 70.2 Å². The molecule has 2 aromatic rings. The van der Waals surface area contributed by atoms with Crippen LogP contribution < -0.4 is 10.0 Å². The van der Waals surface area contributed by atoms with Crippen LogP contribution in [0.3, 0.4) is 0 Å². The van der Waals surface area contributed by atoms with Gasteiger partial charge in [0.1, 0.15) is 4.90 Å². The number of benzene rings is 1.